The van der Waals surface area contributed by atoms with E-state index in [0.717, 1.165) is 15.1 Å². The van der Waals surface area contributed by atoms with Gasteiger partial charge in [-0.1, -0.05) is 35.6 Å². The first-order valence-corrected chi connectivity index (χ1v) is 15.5. The Kier molecular flexibility index (Phi) is 10.0. The van der Waals surface area contributed by atoms with Gasteiger partial charge < -0.3 is 20.7 Å². The molecule has 4 aromatic carbocycles. The van der Waals surface area contributed by atoms with E-state index >= 15 is 0 Å². The number of rotatable bonds is 11. The quantitative estimate of drug-likeness (QED) is 0.0613. The predicted octanol–water partition coefficient (Wildman–Crippen LogP) is 6.74. The number of ether oxygens (including phenoxy) is 1. The summed E-state index contributed by atoms with van der Waals surface area (Å²) in [4.78, 5) is 55.1. The lowest BCUT2D eigenvalue weighted by Gasteiger charge is -2.13. The Bertz CT molecular complexity index is 1940. The van der Waals surface area contributed by atoms with Gasteiger partial charge in [-0.25, -0.2) is 4.98 Å². The van der Waals surface area contributed by atoms with Crippen molar-refractivity contribution in [3.05, 3.63) is 124 Å². The smallest absolute Gasteiger partial charge is 0.272 e. The number of carbonyl (C=O) groups is 3. The predicted molar refractivity (Wildman–Crippen MR) is 180 cm³/mol. The van der Waals surface area contributed by atoms with E-state index in [1.54, 1.807) is 62.6 Å². The summed E-state index contributed by atoms with van der Waals surface area (Å²) in [5.41, 5.74) is 1.84. The maximum atomic E-state index is 13.4. The Morgan fingerprint density at radius 1 is 0.957 bits per heavy atom. The van der Waals surface area contributed by atoms with Crippen molar-refractivity contribution in [3.63, 3.8) is 0 Å². The normalized spacial score (nSPS) is 11.8. The van der Waals surface area contributed by atoms with Crippen LogP contribution in [-0.2, 0) is 9.59 Å². The molecule has 1 unspecified atom stereocenters. The van der Waals surface area contributed by atoms with Gasteiger partial charge in [0.15, 0.2) is 5.13 Å². The van der Waals surface area contributed by atoms with Crippen molar-refractivity contribution in [1.29, 1.82) is 0 Å². The van der Waals surface area contributed by atoms with Gasteiger partial charge in [-0.2, -0.15) is 0 Å². The van der Waals surface area contributed by atoms with Crippen molar-refractivity contribution in [1.82, 2.24) is 10.3 Å². The highest BCUT2D eigenvalue weighted by Crippen LogP contribution is 2.31. The van der Waals surface area contributed by atoms with E-state index < -0.39 is 22.0 Å². The number of nitrogens with zero attached hydrogens (tertiary/aromatic N) is 2. The second-order valence-corrected chi connectivity index (χ2v) is 12.3. The van der Waals surface area contributed by atoms with Gasteiger partial charge in [0.25, 0.3) is 17.5 Å². The van der Waals surface area contributed by atoms with Crippen LogP contribution in [0.3, 0.4) is 0 Å². The van der Waals surface area contributed by atoms with Crippen LogP contribution in [0.5, 0.6) is 5.75 Å². The average molecular weight is 654 g/mol. The molecule has 3 N–H and O–H groups in total. The number of nitro groups is 1. The van der Waals surface area contributed by atoms with Crippen LogP contribution in [-0.4, -0.2) is 40.0 Å². The zero-order valence-corrected chi connectivity index (χ0v) is 26.2. The molecule has 5 rings (SSSR count). The molecule has 0 fully saturated rings. The minimum atomic E-state index is -0.608. The number of methoxy groups -OCH3 is 1. The largest absolute Gasteiger partial charge is 0.497 e. The van der Waals surface area contributed by atoms with Gasteiger partial charge in [0.1, 0.15) is 11.4 Å². The summed E-state index contributed by atoms with van der Waals surface area (Å²) in [6, 6.07) is 26.5. The van der Waals surface area contributed by atoms with Crippen molar-refractivity contribution in [2.75, 3.05) is 17.7 Å². The molecule has 13 heteroatoms. The second kappa shape index (κ2) is 14.5. The van der Waals surface area contributed by atoms with E-state index in [2.05, 4.69) is 20.9 Å². The monoisotopic (exact) mass is 653 g/mol. The van der Waals surface area contributed by atoms with Crippen LogP contribution in [0.2, 0.25) is 0 Å². The molecule has 0 aliphatic rings. The molecule has 0 saturated carbocycles. The van der Waals surface area contributed by atoms with Gasteiger partial charge in [-0.05, 0) is 79.2 Å². The molecule has 1 aromatic heterocycles. The fraction of sp³-hybridized carbons (Fsp3) is 0.0909. The minimum Gasteiger partial charge on any atom is -0.497 e. The molecule has 0 radical (unpaired) electrons. The van der Waals surface area contributed by atoms with Gasteiger partial charge >= 0.3 is 0 Å². The molecule has 232 valence electrons. The van der Waals surface area contributed by atoms with Crippen molar-refractivity contribution >= 4 is 73.6 Å². The number of fused-ring (bicyclic) bond motifs is 1. The molecule has 46 heavy (non-hydrogen) atoms. The Balaban J connectivity index is 1.28. The first-order valence-electron chi connectivity index (χ1n) is 13.8. The van der Waals surface area contributed by atoms with Crippen LogP contribution in [0.25, 0.3) is 16.3 Å². The number of nitrogens with one attached hydrogen (secondary N) is 3. The summed E-state index contributed by atoms with van der Waals surface area (Å²) in [7, 11) is 1.59. The number of benzene rings is 4. The van der Waals surface area contributed by atoms with Gasteiger partial charge in [0.2, 0.25) is 5.91 Å². The number of non-ortho nitro benzene ring substituents is 1. The number of aromatic nitrogens is 1. The molecular formula is C33H27N5O6S2. The summed E-state index contributed by atoms with van der Waals surface area (Å²) in [6.45, 7) is 1.77. The van der Waals surface area contributed by atoms with Gasteiger partial charge in [-0.15, -0.1) is 11.8 Å². The molecule has 0 spiro atoms. The van der Waals surface area contributed by atoms with Crippen LogP contribution in [0.4, 0.5) is 16.5 Å². The second-order valence-electron chi connectivity index (χ2n) is 9.81. The lowest BCUT2D eigenvalue weighted by atomic mass is 10.1. The zero-order chi connectivity index (χ0) is 32.6. The number of thiazole rings is 1. The van der Waals surface area contributed by atoms with Crippen LogP contribution >= 0.6 is 23.1 Å². The summed E-state index contributed by atoms with van der Waals surface area (Å²) in [6.07, 6.45) is 1.43. The Labute approximate surface area is 271 Å². The summed E-state index contributed by atoms with van der Waals surface area (Å²) in [5, 5.41) is 19.3. The third-order valence-electron chi connectivity index (χ3n) is 6.54. The molecule has 5 aromatic rings. The standard InChI is InChI=1S/C33H27N5O6S2/c1-20(30(39)37-33-36-27-16-15-25(44-2)19-29(27)46-33)45-26-10-6-9-23(18-26)34-32(41)28(35-31(40)22-7-4-3-5-8-22)17-21-11-13-24(14-12-21)38(42)43/h3-20H,1-2H3,(H,34,41)(H,35,40)(H,36,37,39)/b28-17+. The van der Waals surface area contributed by atoms with E-state index in [-0.39, 0.29) is 17.3 Å². The highest BCUT2D eigenvalue weighted by atomic mass is 32.2. The highest BCUT2D eigenvalue weighted by Gasteiger charge is 2.19. The highest BCUT2D eigenvalue weighted by molar-refractivity contribution is 8.00. The zero-order valence-electron chi connectivity index (χ0n) is 24.6. The molecule has 3 amide bonds. The maximum absolute atomic E-state index is 13.4. The van der Waals surface area contributed by atoms with Gasteiger partial charge in [-0.3, -0.25) is 24.5 Å². The fourth-order valence-corrected chi connectivity index (χ4v) is 6.02. The molecule has 0 saturated heterocycles. The fourth-order valence-electron chi connectivity index (χ4n) is 4.20. The van der Waals surface area contributed by atoms with Crippen molar-refractivity contribution in [2.45, 2.75) is 17.1 Å². The SMILES string of the molecule is COc1ccc2nc(NC(=O)C(C)Sc3cccc(NC(=O)/C(=C\c4ccc([N+](=O)[O-])cc4)NC(=O)c4ccccc4)c3)sc2c1. The van der Waals surface area contributed by atoms with E-state index in [0.29, 0.717) is 27.7 Å². The van der Waals surface area contributed by atoms with Crippen LogP contribution < -0.4 is 20.7 Å². The summed E-state index contributed by atoms with van der Waals surface area (Å²) < 4.78 is 6.15. The molecule has 1 heterocycles. The van der Waals surface area contributed by atoms with E-state index in [1.807, 2.05) is 24.3 Å². The lowest BCUT2D eigenvalue weighted by molar-refractivity contribution is -0.384. The average Bonchev–Trinajstić information content (AvgIpc) is 3.46. The number of carbonyl (C=O) groups excluding carboxylic acids is 3. The first-order chi connectivity index (χ1) is 22.2. The van der Waals surface area contributed by atoms with E-state index in [4.69, 9.17) is 4.74 Å². The molecule has 0 bridgehead atoms. The van der Waals surface area contributed by atoms with Crippen LogP contribution in [0.1, 0.15) is 22.8 Å². The van der Waals surface area contributed by atoms with Crippen molar-refractivity contribution < 1.29 is 24.0 Å². The Morgan fingerprint density at radius 3 is 2.43 bits per heavy atom. The van der Waals surface area contributed by atoms with Gasteiger partial charge in [0, 0.05) is 28.3 Å². The molecular weight excluding hydrogens is 627 g/mol. The minimum absolute atomic E-state index is 0.0676. The molecule has 0 aliphatic carbocycles. The van der Waals surface area contributed by atoms with Crippen molar-refractivity contribution in [3.8, 4) is 5.75 Å². The number of thioether (sulfide) groups is 1. The third kappa shape index (κ3) is 8.14. The number of amides is 3. The molecule has 11 nitrogen and oxygen atoms in total. The van der Waals surface area contributed by atoms with Crippen LogP contribution in [0, 0.1) is 10.1 Å². The Hall–Kier alpha value is -5.53. The molecule has 0 aliphatic heterocycles. The van der Waals surface area contributed by atoms with Crippen molar-refractivity contribution in [2.24, 2.45) is 0 Å². The number of anilines is 2. The number of hydrogen-bond acceptors (Lipinski definition) is 9. The topological polar surface area (TPSA) is 153 Å². The Morgan fingerprint density at radius 2 is 1.72 bits per heavy atom. The number of nitro benzene ring substituents is 1. The van der Waals surface area contributed by atoms with E-state index in [9.17, 15) is 24.5 Å². The molecule has 1 atom stereocenters. The third-order valence-corrected chi connectivity index (χ3v) is 8.57. The summed E-state index contributed by atoms with van der Waals surface area (Å²) >= 11 is 2.65. The van der Waals surface area contributed by atoms with Gasteiger partial charge in [0.05, 0.1) is 27.5 Å². The van der Waals surface area contributed by atoms with E-state index in [1.165, 1.54) is 53.4 Å². The van der Waals surface area contributed by atoms with Crippen LogP contribution in [0.15, 0.2) is 108 Å². The first kappa shape index (κ1) is 31.9. The lowest BCUT2D eigenvalue weighted by Crippen LogP contribution is -2.30. The number of hydrogen-bond donors (Lipinski definition) is 3. The maximum Gasteiger partial charge on any atom is 0.272 e. The summed E-state index contributed by atoms with van der Waals surface area (Å²) in [5.74, 6) is -0.636.